The Morgan fingerprint density at radius 3 is 2.11 bits per heavy atom. The van der Waals surface area contributed by atoms with Gasteiger partial charge in [-0.1, -0.05) is 12.1 Å². The van der Waals surface area contributed by atoms with Crippen LogP contribution in [0, 0.1) is 0 Å². The van der Waals surface area contributed by atoms with Gasteiger partial charge in [0.2, 0.25) is 0 Å². The summed E-state index contributed by atoms with van der Waals surface area (Å²) in [6, 6.07) is 8.40. The van der Waals surface area contributed by atoms with E-state index in [-0.39, 0.29) is 17.7 Å². The van der Waals surface area contributed by atoms with E-state index in [0.717, 1.165) is 5.75 Å². The van der Waals surface area contributed by atoms with Crippen LogP contribution in [-0.2, 0) is 4.74 Å². The van der Waals surface area contributed by atoms with Crippen LogP contribution in [0.3, 0.4) is 0 Å². The lowest BCUT2D eigenvalue weighted by Gasteiger charge is -2.24. The van der Waals surface area contributed by atoms with Crippen molar-refractivity contribution >= 4 is 0 Å². The summed E-state index contributed by atoms with van der Waals surface area (Å²) in [5.74, 6) is 0.908. The van der Waals surface area contributed by atoms with E-state index in [1.807, 2.05) is 33.0 Å². The van der Waals surface area contributed by atoms with Gasteiger partial charge in [0, 0.05) is 0 Å². The molecule has 1 aromatic rings. The van der Waals surface area contributed by atoms with Crippen molar-refractivity contribution in [3.63, 3.8) is 0 Å². The van der Waals surface area contributed by atoms with E-state index in [1.165, 1.54) is 5.56 Å². The van der Waals surface area contributed by atoms with Crippen LogP contribution in [0.25, 0.3) is 0 Å². The van der Waals surface area contributed by atoms with Crippen LogP contribution < -0.4 is 10.1 Å². The maximum atomic E-state index is 5.84. The van der Waals surface area contributed by atoms with Gasteiger partial charge >= 0.3 is 0 Å². The Labute approximate surface area is 117 Å². The zero-order valence-corrected chi connectivity index (χ0v) is 13.0. The average molecular weight is 265 g/mol. The van der Waals surface area contributed by atoms with Crippen molar-refractivity contribution < 1.29 is 9.47 Å². The van der Waals surface area contributed by atoms with Gasteiger partial charge < -0.3 is 14.8 Å². The summed E-state index contributed by atoms with van der Waals surface area (Å²) in [4.78, 5) is 0. The van der Waals surface area contributed by atoms with E-state index in [1.54, 1.807) is 0 Å². The molecule has 0 aromatic heterocycles. The van der Waals surface area contributed by atoms with Crippen molar-refractivity contribution in [2.24, 2.45) is 0 Å². The molecule has 0 spiro atoms. The molecular formula is C16H27NO2. The first-order valence-corrected chi connectivity index (χ1v) is 6.89. The molecule has 1 atom stereocenters. The fraction of sp³-hybridized carbons (Fsp3) is 0.625. The standard InChI is InChI=1S/C16H27NO2/c1-12(2)19-14-9-7-13(8-10-14)15(17-6)11-18-16(3,4)5/h7-10,12,15,17H,11H2,1-6H3. The number of nitrogens with one attached hydrogen (secondary N) is 1. The van der Waals surface area contributed by atoms with Gasteiger partial charge in [0.15, 0.2) is 0 Å². The van der Waals surface area contributed by atoms with E-state index < -0.39 is 0 Å². The minimum absolute atomic E-state index is 0.115. The Morgan fingerprint density at radius 2 is 1.68 bits per heavy atom. The summed E-state index contributed by atoms with van der Waals surface area (Å²) >= 11 is 0. The molecule has 0 aliphatic carbocycles. The molecule has 0 heterocycles. The predicted octanol–water partition coefficient (Wildman–Crippen LogP) is 3.55. The molecule has 1 unspecified atom stereocenters. The minimum atomic E-state index is -0.115. The summed E-state index contributed by atoms with van der Waals surface area (Å²) in [7, 11) is 1.95. The van der Waals surface area contributed by atoms with E-state index >= 15 is 0 Å². The van der Waals surface area contributed by atoms with Crippen LogP contribution in [0.15, 0.2) is 24.3 Å². The van der Waals surface area contributed by atoms with Crippen molar-refractivity contribution in [1.82, 2.24) is 5.32 Å². The molecule has 0 saturated heterocycles. The molecule has 0 radical (unpaired) electrons. The second kappa shape index (κ2) is 6.92. The Morgan fingerprint density at radius 1 is 1.11 bits per heavy atom. The fourth-order valence-corrected chi connectivity index (χ4v) is 1.73. The summed E-state index contributed by atoms with van der Waals surface area (Å²) < 4.78 is 11.5. The molecule has 1 N–H and O–H groups in total. The number of hydrogen-bond donors (Lipinski definition) is 1. The molecule has 0 amide bonds. The summed E-state index contributed by atoms with van der Waals surface area (Å²) in [5.41, 5.74) is 1.10. The van der Waals surface area contributed by atoms with Gasteiger partial charge in [-0.15, -0.1) is 0 Å². The first-order valence-electron chi connectivity index (χ1n) is 6.89. The Hall–Kier alpha value is -1.06. The molecule has 19 heavy (non-hydrogen) atoms. The van der Waals surface area contributed by atoms with Crippen LogP contribution in [0.4, 0.5) is 0 Å². The highest BCUT2D eigenvalue weighted by Gasteiger charge is 2.15. The zero-order valence-electron chi connectivity index (χ0n) is 13.0. The molecule has 0 saturated carbocycles. The maximum Gasteiger partial charge on any atom is 0.119 e. The normalized spacial score (nSPS) is 13.6. The van der Waals surface area contributed by atoms with Crippen molar-refractivity contribution in [2.45, 2.75) is 52.4 Å². The van der Waals surface area contributed by atoms with Gasteiger partial charge in [0.1, 0.15) is 5.75 Å². The molecule has 0 fully saturated rings. The quantitative estimate of drug-likeness (QED) is 0.853. The lowest BCUT2D eigenvalue weighted by molar-refractivity contribution is -0.0139. The molecule has 108 valence electrons. The SMILES string of the molecule is CNC(COC(C)(C)C)c1ccc(OC(C)C)cc1. The summed E-state index contributed by atoms with van der Waals surface area (Å²) in [5, 5.41) is 3.29. The fourth-order valence-electron chi connectivity index (χ4n) is 1.73. The minimum Gasteiger partial charge on any atom is -0.491 e. The van der Waals surface area contributed by atoms with Crippen molar-refractivity contribution in [1.29, 1.82) is 0 Å². The highest BCUT2D eigenvalue weighted by molar-refractivity contribution is 5.29. The van der Waals surface area contributed by atoms with Crippen molar-refractivity contribution in [2.75, 3.05) is 13.7 Å². The largest absolute Gasteiger partial charge is 0.491 e. The smallest absolute Gasteiger partial charge is 0.119 e. The number of hydrogen-bond acceptors (Lipinski definition) is 3. The topological polar surface area (TPSA) is 30.5 Å². The van der Waals surface area contributed by atoms with Gasteiger partial charge in [0.25, 0.3) is 0 Å². The second-order valence-corrected chi connectivity index (χ2v) is 6.00. The van der Waals surface area contributed by atoms with Crippen LogP contribution >= 0.6 is 0 Å². The number of rotatable bonds is 6. The van der Waals surface area contributed by atoms with Gasteiger partial charge in [-0.3, -0.25) is 0 Å². The van der Waals surface area contributed by atoms with Crippen molar-refractivity contribution in [3.05, 3.63) is 29.8 Å². The van der Waals surface area contributed by atoms with E-state index in [9.17, 15) is 0 Å². The molecule has 0 aliphatic rings. The lowest BCUT2D eigenvalue weighted by Crippen LogP contribution is -2.28. The van der Waals surface area contributed by atoms with Gasteiger partial charge in [0.05, 0.1) is 24.4 Å². The maximum absolute atomic E-state index is 5.84. The first kappa shape index (κ1) is 16.0. The van der Waals surface area contributed by atoms with Crippen molar-refractivity contribution in [3.8, 4) is 5.75 Å². The monoisotopic (exact) mass is 265 g/mol. The lowest BCUT2D eigenvalue weighted by atomic mass is 10.1. The molecule has 3 nitrogen and oxygen atoms in total. The van der Waals surface area contributed by atoms with Gasteiger partial charge in [-0.2, -0.15) is 0 Å². The zero-order chi connectivity index (χ0) is 14.5. The molecule has 1 aromatic carbocycles. The highest BCUT2D eigenvalue weighted by atomic mass is 16.5. The molecule has 1 rings (SSSR count). The summed E-state index contributed by atoms with van der Waals surface area (Å²) in [6.45, 7) is 10.9. The Kier molecular flexibility index (Phi) is 5.83. The van der Waals surface area contributed by atoms with Gasteiger partial charge in [-0.25, -0.2) is 0 Å². The van der Waals surface area contributed by atoms with Crippen LogP contribution in [0.2, 0.25) is 0 Å². The second-order valence-electron chi connectivity index (χ2n) is 6.00. The predicted molar refractivity (Wildman–Crippen MR) is 79.7 cm³/mol. The van der Waals surface area contributed by atoms with Gasteiger partial charge in [-0.05, 0) is 59.4 Å². The third kappa shape index (κ3) is 6.08. The molecule has 0 aliphatic heterocycles. The summed E-state index contributed by atoms with van der Waals surface area (Å²) in [6.07, 6.45) is 0.204. The van der Waals surface area contributed by atoms with Crippen LogP contribution in [-0.4, -0.2) is 25.4 Å². The van der Waals surface area contributed by atoms with E-state index in [2.05, 4.69) is 38.2 Å². The number of ether oxygens (including phenoxy) is 2. The van der Waals surface area contributed by atoms with Crippen LogP contribution in [0.1, 0.15) is 46.2 Å². The van der Waals surface area contributed by atoms with E-state index in [4.69, 9.17) is 9.47 Å². The first-order chi connectivity index (χ1) is 8.81. The molecule has 0 bridgehead atoms. The highest BCUT2D eigenvalue weighted by Crippen LogP contribution is 2.20. The molecular weight excluding hydrogens is 238 g/mol. The molecule has 3 heteroatoms. The third-order valence-electron chi connectivity index (χ3n) is 2.69. The average Bonchev–Trinajstić information content (AvgIpc) is 2.29. The van der Waals surface area contributed by atoms with E-state index in [0.29, 0.717) is 6.61 Å². The third-order valence-corrected chi connectivity index (χ3v) is 2.69. The Bertz CT molecular complexity index is 365. The Balaban J connectivity index is 2.66. The number of benzene rings is 1. The van der Waals surface area contributed by atoms with Crippen LogP contribution in [0.5, 0.6) is 5.75 Å². The number of likely N-dealkylation sites (N-methyl/N-ethyl adjacent to an activating group) is 1.